The van der Waals surface area contributed by atoms with Crippen LogP contribution in [0.25, 0.3) is 0 Å². The number of anilines is 4. The molecule has 133 heavy (non-hydrogen) atoms. The van der Waals surface area contributed by atoms with Crippen molar-refractivity contribution < 1.29 is 169 Å². The number of hydrogen-bond donors (Lipinski definition) is 5. The van der Waals surface area contributed by atoms with Gasteiger partial charge in [0.25, 0.3) is 23.6 Å². The maximum atomic E-state index is 13.2. The van der Waals surface area contributed by atoms with E-state index in [2.05, 4.69) is 28.1 Å². The number of nitrogens with two attached hydrogens (primary N) is 2. The van der Waals surface area contributed by atoms with E-state index in [1.807, 2.05) is 9.80 Å². The van der Waals surface area contributed by atoms with Gasteiger partial charge in [-0.1, -0.05) is 23.2 Å². The zero-order valence-corrected chi connectivity index (χ0v) is 79.1. The summed E-state index contributed by atoms with van der Waals surface area (Å²) < 4.78 is 152. The maximum absolute atomic E-state index is 13.2. The number of morpholine rings is 2. The molecule has 48 nitrogen and oxygen atoms in total. The molecule has 0 radical (unpaired) electrons. The quantitative estimate of drug-likeness (QED) is 0.0205. The van der Waals surface area contributed by atoms with E-state index in [9.17, 15) is 84.0 Å². The molecule has 0 unspecified atom stereocenters. The lowest BCUT2D eigenvalue weighted by atomic mass is 10.1. The molecule has 2 fully saturated rings. The number of halogens is 3. The Bertz CT molecular complexity index is 5250. The average Bonchev–Trinajstić information content (AvgIpc) is 1.57. The third kappa shape index (κ3) is 36.9. The number of furan rings is 2. The number of nitrogens with zero attached hydrogens (tertiary/aromatic N) is 8. The minimum Gasteiger partial charge on any atom is -0.478 e. The predicted molar refractivity (Wildman–Crippen MR) is 463 cm³/mol. The van der Waals surface area contributed by atoms with Crippen LogP contribution in [0.1, 0.15) is 115 Å². The first-order valence-electron chi connectivity index (χ1n) is 39.6. The molecule has 2 aromatic carbocycles. The van der Waals surface area contributed by atoms with Crippen molar-refractivity contribution in [2.24, 2.45) is 10.3 Å². The van der Waals surface area contributed by atoms with Gasteiger partial charge in [0, 0.05) is 51.1 Å². The molecule has 7 N–H and O–H groups in total. The van der Waals surface area contributed by atoms with E-state index < -0.39 is 200 Å². The fourth-order valence-corrected chi connectivity index (χ4v) is 14.5. The van der Waals surface area contributed by atoms with Crippen molar-refractivity contribution in [3.05, 3.63) is 93.7 Å². The lowest BCUT2D eigenvalue weighted by Crippen LogP contribution is -2.52. The van der Waals surface area contributed by atoms with Gasteiger partial charge in [-0.25, -0.2) is 70.3 Å². The summed E-state index contributed by atoms with van der Waals surface area (Å²) in [7, 11) is -8.51. The van der Waals surface area contributed by atoms with Crippen LogP contribution in [0.15, 0.2) is 79.7 Å². The fourth-order valence-electron chi connectivity index (χ4n) is 11.2. The summed E-state index contributed by atoms with van der Waals surface area (Å²) in [5.74, 6) is -11.9. The van der Waals surface area contributed by atoms with Gasteiger partial charge in [0.15, 0.2) is 69.7 Å². The van der Waals surface area contributed by atoms with Crippen LogP contribution in [0.5, 0.6) is 11.8 Å². The molecule has 2 aliphatic rings. The number of alkyl halides is 1. The Morgan fingerprint density at radius 1 is 0.504 bits per heavy atom. The highest BCUT2D eigenvalue weighted by molar-refractivity contribution is 7.89. The van der Waals surface area contributed by atoms with Gasteiger partial charge in [0.05, 0.1) is 121 Å². The number of hydrogen-bond acceptors (Lipinski definition) is 45. The zero-order valence-electron chi connectivity index (χ0n) is 73.6. The van der Waals surface area contributed by atoms with Gasteiger partial charge in [-0.3, -0.25) is 24.0 Å². The number of primary sulfonamides is 2. The summed E-state index contributed by atoms with van der Waals surface area (Å²) in [5.41, 5.74) is -2.13. The molecule has 4 aromatic heterocycles. The van der Waals surface area contributed by atoms with Crippen LogP contribution in [-0.4, -0.2) is 298 Å². The Morgan fingerprint density at radius 2 is 0.865 bits per heavy atom. The number of aromatic carboxylic acids is 1. The van der Waals surface area contributed by atoms with Crippen LogP contribution in [-0.2, 0) is 152 Å². The molecule has 6 atom stereocenters. The Balaban J connectivity index is 0.000000348. The first kappa shape index (κ1) is 110. The molecule has 0 saturated carbocycles. The molecule has 732 valence electrons. The van der Waals surface area contributed by atoms with Crippen molar-refractivity contribution in [1.29, 1.82) is 0 Å². The van der Waals surface area contributed by atoms with E-state index in [4.69, 9.17) is 130 Å². The minimum absolute atomic E-state index is 0.00129. The van der Waals surface area contributed by atoms with Crippen molar-refractivity contribution in [3.8, 4) is 11.8 Å². The Hall–Kier alpha value is -11.9. The average molecular weight is 2020 g/mol. The Morgan fingerprint density at radius 3 is 1.22 bits per heavy atom. The predicted octanol–water partition coefficient (Wildman–Crippen LogP) is 4.02. The largest absolute Gasteiger partial charge is 0.478 e. The van der Waals surface area contributed by atoms with Crippen LogP contribution in [0, 0.1) is 0 Å². The number of sulfonamides is 2. The molecule has 6 heterocycles. The van der Waals surface area contributed by atoms with Gasteiger partial charge in [-0.05, 0) is 118 Å². The number of carbonyl (C=O) groups is 14. The van der Waals surface area contributed by atoms with Crippen LogP contribution in [0.2, 0.25) is 10.0 Å². The summed E-state index contributed by atoms with van der Waals surface area (Å²) >= 11 is 19.1. The second kappa shape index (κ2) is 52.0. The van der Waals surface area contributed by atoms with Crippen molar-refractivity contribution >= 4 is 185 Å². The number of aromatic nitrogens is 4. The normalized spacial score (nSPS) is 14.0. The molecule has 2 amide bonds. The third-order valence-corrected chi connectivity index (χ3v) is 21.6. The van der Waals surface area contributed by atoms with Crippen molar-refractivity contribution in [2.75, 3.05) is 138 Å². The van der Waals surface area contributed by atoms with E-state index in [-0.39, 0.29) is 83.7 Å². The van der Waals surface area contributed by atoms with E-state index in [1.54, 1.807) is 65.8 Å². The number of nitrogens with one attached hydrogen (secondary N) is 2. The van der Waals surface area contributed by atoms with Crippen LogP contribution >= 0.6 is 58.3 Å². The summed E-state index contributed by atoms with van der Waals surface area (Å²) in [6.45, 7) is 16.5. The fraction of sp³-hybridized carbons (Fsp3) is 0.513. The van der Waals surface area contributed by atoms with Gasteiger partial charge in [0.2, 0.25) is 31.7 Å². The molecular weight excluding hydrogens is 1920 g/mol. The van der Waals surface area contributed by atoms with Gasteiger partial charge >= 0.3 is 71.6 Å². The third-order valence-electron chi connectivity index (χ3n) is 17.6. The molecule has 6 aromatic rings. The lowest BCUT2D eigenvalue weighted by molar-refractivity contribution is -0.180. The second-order valence-corrected chi connectivity index (χ2v) is 35.2. The molecule has 0 aliphatic carbocycles. The lowest BCUT2D eigenvalue weighted by Gasteiger charge is -2.37. The van der Waals surface area contributed by atoms with E-state index in [1.165, 1.54) is 49.2 Å². The Kier molecular flexibility index (Phi) is 42.9. The summed E-state index contributed by atoms with van der Waals surface area (Å²) in [6.07, 6.45) is -5.51. The maximum Gasteiger partial charge on any atom is 0.347 e. The highest BCUT2D eigenvalue weighted by Gasteiger charge is 2.37. The van der Waals surface area contributed by atoms with E-state index >= 15 is 0 Å². The van der Waals surface area contributed by atoms with Crippen molar-refractivity contribution in [2.45, 2.75) is 154 Å². The van der Waals surface area contributed by atoms with Crippen LogP contribution < -0.4 is 40.2 Å². The highest BCUT2D eigenvalue weighted by Crippen LogP contribution is 2.33. The highest BCUT2D eigenvalue weighted by atomic mass is 35.5. The van der Waals surface area contributed by atoms with Gasteiger partial charge in [-0.2, -0.15) is 8.75 Å². The topological polar surface area (TPSA) is 633 Å². The number of rotatable bonds is 43. The number of benzene rings is 2. The number of carboxylic acids is 1. The standard InChI is InChI=1S/C39H49ClN6O18S2.C27H39ClN4O13S.C12H11ClN2O5S/c1-22(63-37(52)23(2)62-32(49)20-61-38(53)27-14-30(66(41,54)55)28(40)15-29(27)42-16-25-8-7-11-57-25)36(51)60-21-33(50)64-26(17-46(39(4,5)6)31(48)19-58-24(3)47)18-59-35-34(43-65-44-35)45-9-12-56-13-10-45;1-16(44-26(38)17(2)43-21(35)11-28)25(37)42-15-22(36)45-19(12-32(27(4,5)6)20(34)14-40-18(3)33)13-41-24-23(29-46-30-24)31-7-9-39-10-8-31;13-9-5-10(15-6-7-2-1-3-20-7)8(12(16)17)4-11(9)21(14,18)19/h7-8,11,14-15,22-23,26,42H,9-10,12-13,16-21H2,1-6H3,(H2,41,54,55);16-17,19H,7-15H2,1-6H3;1-5,15H,6H2,(H,16,17)(H2,14,18,19)/t22-,23-,26+;16-,17-,19+;/m11./s1. The number of carboxylic acid groups (broad SMARTS) is 1. The minimum atomic E-state index is -4.40. The Labute approximate surface area is 784 Å². The molecular formula is C78H99Cl3N12O36S4. The van der Waals surface area contributed by atoms with Crippen molar-refractivity contribution in [1.82, 2.24) is 27.3 Å². The first-order chi connectivity index (χ1) is 62.4. The first-order valence-corrected chi connectivity index (χ1v) is 45.5. The van der Waals surface area contributed by atoms with Crippen LogP contribution in [0.3, 0.4) is 0 Å². The number of carbonyl (C=O) groups excluding carboxylic acids is 13. The molecule has 0 bridgehead atoms. The van der Waals surface area contributed by atoms with Gasteiger partial charge < -0.3 is 115 Å². The monoisotopic (exact) mass is 2010 g/mol. The number of esters is 11. The second-order valence-electron chi connectivity index (χ2n) is 30.0. The van der Waals surface area contributed by atoms with Crippen LogP contribution in [0.4, 0.5) is 23.0 Å². The number of ether oxygens (including phenoxy) is 15. The van der Waals surface area contributed by atoms with Gasteiger partial charge in [-0.15, -0.1) is 20.3 Å². The molecule has 2 aliphatic heterocycles. The summed E-state index contributed by atoms with van der Waals surface area (Å²) in [5, 5.41) is 24.6. The SMILES string of the molecule is CC(=O)OCC(=O)N(C[C@@H](COc1nsnc1N1CCOCC1)OC(=O)COC(=O)[C@@H](C)OC(=O)[C@@H](C)OC(=O)CCl)C(C)(C)C.CC(=O)OCC(=O)N(C[C@@H](COc1nsnc1N1CCOCC1)OC(=O)COC(=O)[C@@H](C)OC(=O)[C@@H](C)OC(=O)COC(=O)c1cc(S(N)(=O)=O)c(Cl)cc1NCc1ccco1)C(C)(C)C.NS(=O)(=O)c1cc(C(=O)O)c(NCc2ccco2)cc1Cl. The molecule has 8 rings (SSSR count). The smallest absolute Gasteiger partial charge is 0.347 e. The molecule has 0 spiro atoms. The van der Waals surface area contributed by atoms with E-state index in [0.29, 0.717) is 75.8 Å². The molecule has 2 saturated heterocycles. The summed E-state index contributed by atoms with van der Waals surface area (Å²) in [4.78, 5) is 178. The number of amides is 2. The van der Waals surface area contributed by atoms with E-state index in [0.717, 1.165) is 62.4 Å². The summed E-state index contributed by atoms with van der Waals surface area (Å²) in [6, 6.07) is 10.7. The van der Waals surface area contributed by atoms with Gasteiger partial charge in [0.1, 0.15) is 40.4 Å². The zero-order chi connectivity index (χ0) is 98.8. The molecule has 55 heteroatoms. The van der Waals surface area contributed by atoms with Crippen molar-refractivity contribution in [3.63, 3.8) is 0 Å².